The average Bonchev–Trinajstić information content (AvgIpc) is 2.23. The van der Waals surface area contributed by atoms with E-state index in [4.69, 9.17) is 11.6 Å². The van der Waals surface area contributed by atoms with Gasteiger partial charge in [-0.2, -0.15) is 4.57 Å². The molecule has 84 valence electrons. The van der Waals surface area contributed by atoms with Gasteiger partial charge < -0.3 is 0 Å². The number of nitrogens with zero attached hydrogens (tertiary/aromatic N) is 1. The van der Waals surface area contributed by atoms with Crippen LogP contribution in [-0.2, 0) is 5.88 Å². The van der Waals surface area contributed by atoms with Crippen molar-refractivity contribution in [1.29, 1.82) is 0 Å². The normalized spacial score (nSPS) is 10.5. The van der Waals surface area contributed by atoms with Crippen molar-refractivity contribution in [1.82, 2.24) is 0 Å². The minimum Gasteiger partial charge on any atom is -0.194 e. The molecular formula is C12H19ClNS+. The zero-order valence-electron chi connectivity index (χ0n) is 9.29. The lowest BCUT2D eigenvalue weighted by molar-refractivity contribution is -0.675. The molecule has 0 amide bonds. The second kappa shape index (κ2) is 8.00. The van der Waals surface area contributed by atoms with Crippen LogP contribution in [0.15, 0.2) is 24.5 Å². The van der Waals surface area contributed by atoms with E-state index in [9.17, 15) is 0 Å². The fourth-order valence-corrected chi connectivity index (χ4v) is 2.48. The van der Waals surface area contributed by atoms with Gasteiger partial charge in [-0.05, 0) is 18.2 Å². The molecule has 1 rings (SSSR count). The number of rotatable bonds is 7. The van der Waals surface area contributed by atoms with E-state index in [0.29, 0.717) is 0 Å². The molecule has 0 atom stereocenters. The maximum atomic E-state index is 5.90. The first-order valence-electron chi connectivity index (χ1n) is 5.55. The highest BCUT2D eigenvalue weighted by molar-refractivity contribution is 7.98. The Bertz CT molecular complexity index is 278. The Kier molecular flexibility index (Phi) is 6.86. The lowest BCUT2D eigenvalue weighted by Gasteiger charge is -1.98. The SMILES string of the molecule is CCCCCCSC[n+]1cccc(Cl)c1. The first-order chi connectivity index (χ1) is 7.33. The van der Waals surface area contributed by atoms with E-state index < -0.39 is 0 Å². The summed E-state index contributed by atoms with van der Waals surface area (Å²) in [6, 6.07) is 3.89. The van der Waals surface area contributed by atoms with Gasteiger partial charge in [0.2, 0.25) is 0 Å². The summed E-state index contributed by atoms with van der Waals surface area (Å²) in [5.74, 6) is 2.26. The monoisotopic (exact) mass is 244 g/mol. The average molecular weight is 245 g/mol. The third-order valence-electron chi connectivity index (χ3n) is 2.20. The highest BCUT2D eigenvalue weighted by Crippen LogP contribution is 2.08. The molecule has 0 unspecified atom stereocenters. The van der Waals surface area contributed by atoms with Gasteiger partial charge >= 0.3 is 0 Å². The smallest absolute Gasteiger partial charge is 0.194 e. The number of thioether (sulfide) groups is 1. The first-order valence-corrected chi connectivity index (χ1v) is 7.08. The van der Waals surface area contributed by atoms with Crippen molar-refractivity contribution in [2.75, 3.05) is 5.75 Å². The summed E-state index contributed by atoms with van der Waals surface area (Å²) >= 11 is 7.87. The van der Waals surface area contributed by atoms with Gasteiger partial charge in [-0.15, -0.1) is 0 Å². The summed E-state index contributed by atoms with van der Waals surface area (Å²) in [6.07, 6.45) is 9.41. The molecule has 0 aliphatic heterocycles. The van der Waals surface area contributed by atoms with Crippen LogP contribution in [0.4, 0.5) is 0 Å². The summed E-state index contributed by atoms with van der Waals surface area (Å²) in [5, 5.41) is 0.809. The van der Waals surface area contributed by atoms with Crippen LogP contribution in [0, 0.1) is 0 Å². The lowest BCUT2D eigenvalue weighted by atomic mass is 10.2. The molecular weight excluding hydrogens is 226 g/mol. The van der Waals surface area contributed by atoms with Crippen LogP contribution >= 0.6 is 23.4 Å². The topological polar surface area (TPSA) is 3.88 Å². The van der Waals surface area contributed by atoms with E-state index in [1.165, 1.54) is 31.4 Å². The number of pyridine rings is 1. The molecule has 1 aromatic heterocycles. The predicted molar refractivity (Wildman–Crippen MR) is 68.2 cm³/mol. The van der Waals surface area contributed by atoms with Crippen molar-refractivity contribution in [2.24, 2.45) is 0 Å². The Hall–Kier alpha value is -0.210. The number of aromatic nitrogens is 1. The first kappa shape index (κ1) is 12.9. The minimum atomic E-state index is 0.809. The zero-order valence-corrected chi connectivity index (χ0v) is 10.9. The number of unbranched alkanes of at least 4 members (excludes halogenated alkanes) is 3. The maximum Gasteiger partial charge on any atom is 0.194 e. The fraction of sp³-hybridized carbons (Fsp3) is 0.583. The summed E-state index contributed by atoms with van der Waals surface area (Å²) in [5.41, 5.74) is 0. The van der Waals surface area contributed by atoms with Crippen LogP contribution in [0.2, 0.25) is 5.02 Å². The van der Waals surface area contributed by atoms with Crippen LogP contribution in [0.5, 0.6) is 0 Å². The zero-order chi connectivity index (χ0) is 10.9. The molecule has 0 aliphatic rings. The Morgan fingerprint density at radius 1 is 1.33 bits per heavy atom. The van der Waals surface area contributed by atoms with Crippen molar-refractivity contribution < 1.29 is 4.57 Å². The molecule has 1 nitrogen and oxygen atoms in total. The quantitative estimate of drug-likeness (QED) is 0.520. The van der Waals surface area contributed by atoms with Crippen LogP contribution in [-0.4, -0.2) is 5.75 Å². The van der Waals surface area contributed by atoms with Crippen LogP contribution in [0.3, 0.4) is 0 Å². The Morgan fingerprint density at radius 2 is 2.20 bits per heavy atom. The third-order valence-corrected chi connectivity index (χ3v) is 3.49. The molecule has 15 heavy (non-hydrogen) atoms. The molecule has 0 aliphatic carbocycles. The van der Waals surface area contributed by atoms with Crippen LogP contribution in [0.1, 0.15) is 32.6 Å². The van der Waals surface area contributed by atoms with E-state index in [0.717, 1.165) is 10.9 Å². The van der Waals surface area contributed by atoms with E-state index in [1.807, 2.05) is 30.1 Å². The molecule has 1 heterocycles. The summed E-state index contributed by atoms with van der Waals surface area (Å²) < 4.78 is 2.13. The van der Waals surface area contributed by atoms with Crippen molar-refractivity contribution in [2.45, 2.75) is 38.5 Å². The van der Waals surface area contributed by atoms with E-state index in [1.54, 1.807) is 0 Å². The van der Waals surface area contributed by atoms with E-state index in [-0.39, 0.29) is 0 Å². The Balaban J connectivity index is 2.10. The number of halogens is 1. The Morgan fingerprint density at radius 3 is 2.93 bits per heavy atom. The number of hydrogen-bond donors (Lipinski definition) is 0. The fourth-order valence-electron chi connectivity index (χ4n) is 1.37. The third kappa shape index (κ3) is 6.06. The number of hydrogen-bond acceptors (Lipinski definition) is 1. The van der Waals surface area contributed by atoms with Gasteiger partial charge in [-0.25, -0.2) is 0 Å². The molecule has 0 aromatic carbocycles. The summed E-state index contributed by atoms with van der Waals surface area (Å²) in [7, 11) is 0. The molecule has 0 spiro atoms. The van der Waals surface area contributed by atoms with E-state index in [2.05, 4.69) is 17.7 Å². The van der Waals surface area contributed by atoms with Gasteiger partial charge in [0.15, 0.2) is 18.3 Å². The van der Waals surface area contributed by atoms with Crippen LogP contribution in [0.25, 0.3) is 0 Å². The van der Waals surface area contributed by atoms with Gasteiger partial charge in [0.05, 0.1) is 0 Å². The molecule has 0 N–H and O–H groups in total. The molecule has 0 radical (unpaired) electrons. The molecule has 0 fully saturated rings. The van der Waals surface area contributed by atoms with Gasteiger partial charge in [0.1, 0.15) is 5.02 Å². The summed E-state index contributed by atoms with van der Waals surface area (Å²) in [6.45, 7) is 2.25. The molecule has 0 saturated heterocycles. The van der Waals surface area contributed by atoms with Crippen molar-refractivity contribution in [3.63, 3.8) is 0 Å². The molecule has 0 saturated carbocycles. The van der Waals surface area contributed by atoms with E-state index >= 15 is 0 Å². The minimum absolute atomic E-state index is 0.809. The Labute approximate surface area is 102 Å². The van der Waals surface area contributed by atoms with Crippen molar-refractivity contribution >= 4 is 23.4 Å². The molecule has 1 aromatic rings. The molecule has 3 heteroatoms. The summed E-state index contributed by atoms with van der Waals surface area (Å²) in [4.78, 5) is 0. The predicted octanol–water partition coefficient (Wildman–Crippen LogP) is 3.90. The van der Waals surface area contributed by atoms with Gasteiger partial charge in [0, 0.05) is 6.07 Å². The highest BCUT2D eigenvalue weighted by atomic mass is 35.5. The second-order valence-electron chi connectivity index (χ2n) is 3.63. The maximum absolute atomic E-state index is 5.90. The standard InChI is InChI=1S/C12H19ClNS/c1-2-3-4-5-9-15-11-14-8-6-7-12(13)10-14/h6-8,10H,2-5,9,11H2,1H3/q+1. The second-order valence-corrected chi connectivity index (χ2v) is 5.15. The van der Waals surface area contributed by atoms with Crippen molar-refractivity contribution in [3.8, 4) is 0 Å². The molecule has 0 bridgehead atoms. The van der Waals surface area contributed by atoms with Gasteiger partial charge in [-0.1, -0.05) is 49.5 Å². The van der Waals surface area contributed by atoms with Gasteiger partial charge in [-0.3, -0.25) is 0 Å². The largest absolute Gasteiger partial charge is 0.194 e. The van der Waals surface area contributed by atoms with Crippen LogP contribution < -0.4 is 4.57 Å². The van der Waals surface area contributed by atoms with Crippen molar-refractivity contribution in [3.05, 3.63) is 29.5 Å². The highest BCUT2D eigenvalue weighted by Gasteiger charge is 2.00. The lowest BCUT2D eigenvalue weighted by Crippen LogP contribution is -2.30. The van der Waals surface area contributed by atoms with Gasteiger partial charge in [0.25, 0.3) is 0 Å².